The van der Waals surface area contributed by atoms with E-state index >= 15 is 0 Å². The Kier molecular flexibility index (Phi) is 6.44. The zero-order chi connectivity index (χ0) is 15.1. The number of hydrogen-bond acceptors (Lipinski definition) is 4. The summed E-state index contributed by atoms with van der Waals surface area (Å²) in [5, 5.41) is 5.47. The van der Waals surface area contributed by atoms with Crippen molar-refractivity contribution >= 4 is 29.1 Å². The van der Waals surface area contributed by atoms with Crippen LogP contribution in [0.2, 0.25) is 5.02 Å². The average molecular weight is 300 g/mol. The zero-order valence-corrected chi connectivity index (χ0v) is 12.2. The number of hydrogen-bond donors (Lipinski definition) is 3. The van der Waals surface area contributed by atoms with Gasteiger partial charge >= 0.3 is 0 Å². The van der Waals surface area contributed by atoms with Gasteiger partial charge in [-0.2, -0.15) is 0 Å². The maximum absolute atomic E-state index is 11.7. The van der Waals surface area contributed by atoms with Crippen LogP contribution in [0, 0.1) is 6.92 Å². The standard InChI is InChI=1S/C13H18ClN3O3/c1-8-3-4-11(9(14)5-8)17-12(18)6-16-13(19)10(15)7-20-2/h3-5,10H,6-7,15H2,1-2H3,(H,16,19)(H,17,18). The third-order valence-corrected chi connectivity index (χ3v) is 2.82. The van der Waals surface area contributed by atoms with Gasteiger partial charge in [0.25, 0.3) is 0 Å². The highest BCUT2D eigenvalue weighted by Crippen LogP contribution is 2.22. The minimum atomic E-state index is -0.796. The molecule has 0 heterocycles. The summed E-state index contributed by atoms with van der Waals surface area (Å²) in [6.07, 6.45) is 0. The van der Waals surface area contributed by atoms with E-state index in [4.69, 9.17) is 22.1 Å². The van der Waals surface area contributed by atoms with Crippen molar-refractivity contribution in [2.45, 2.75) is 13.0 Å². The van der Waals surface area contributed by atoms with Gasteiger partial charge in [-0.15, -0.1) is 0 Å². The number of amides is 2. The van der Waals surface area contributed by atoms with Crippen LogP contribution in [0.15, 0.2) is 18.2 Å². The Hall–Kier alpha value is -1.63. The van der Waals surface area contributed by atoms with E-state index in [1.54, 1.807) is 12.1 Å². The number of aryl methyl sites for hydroxylation is 1. The lowest BCUT2D eigenvalue weighted by molar-refractivity contribution is -0.126. The Balaban J connectivity index is 2.46. The average Bonchev–Trinajstić information content (AvgIpc) is 2.39. The molecule has 2 amide bonds. The summed E-state index contributed by atoms with van der Waals surface area (Å²) in [7, 11) is 1.44. The topological polar surface area (TPSA) is 93.4 Å². The van der Waals surface area contributed by atoms with Crippen LogP contribution in [-0.4, -0.2) is 38.1 Å². The van der Waals surface area contributed by atoms with Crippen molar-refractivity contribution in [2.75, 3.05) is 25.6 Å². The number of anilines is 1. The molecule has 1 aromatic carbocycles. The van der Waals surface area contributed by atoms with Crippen molar-refractivity contribution in [1.29, 1.82) is 0 Å². The second kappa shape index (κ2) is 7.84. The lowest BCUT2D eigenvalue weighted by Gasteiger charge is -2.12. The summed E-state index contributed by atoms with van der Waals surface area (Å²) in [6, 6.07) is 4.48. The second-order valence-corrected chi connectivity index (χ2v) is 4.72. The van der Waals surface area contributed by atoms with Gasteiger partial charge in [0, 0.05) is 7.11 Å². The first kappa shape index (κ1) is 16.4. The molecule has 0 aliphatic rings. The minimum absolute atomic E-state index is 0.0945. The summed E-state index contributed by atoms with van der Waals surface area (Å²) in [6.45, 7) is 1.81. The molecule has 0 saturated carbocycles. The lowest BCUT2D eigenvalue weighted by atomic mass is 10.2. The normalized spacial score (nSPS) is 11.8. The van der Waals surface area contributed by atoms with Gasteiger partial charge in [0.15, 0.2) is 0 Å². The largest absolute Gasteiger partial charge is 0.383 e. The molecule has 110 valence electrons. The van der Waals surface area contributed by atoms with Crippen molar-refractivity contribution in [3.05, 3.63) is 28.8 Å². The van der Waals surface area contributed by atoms with Crippen LogP contribution in [-0.2, 0) is 14.3 Å². The molecule has 0 fully saturated rings. The van der Waals surface area contributed by atoms with Gasteiger partial charge in [-0.3, -0.25) is 9.59 Å². The zero-order valence-electron chi connectivity index (χ0n) is 11.4. The van der Waals surface area contributed by atoms with Crippen LogP contribution in [0.1, 0.15) is 5.56 Å². The smallest absolute Gasteiger partial charge is 0.243 e. The third-order valence-electron chi connectivity index (χ3n) is 2.50. The van der Waals surface area contributed by atoms with E-state index in [9.17, 15) is 9.59 Å². The van der Waals surface area contributed by atoms with Crippen LogP contribution < -0.4 is 16.4 Å². The van der Waals surface area contributed by atoms with E-state index in [1.807, 2.05) is 13.0 Å². The van der Waals surface area contributed by atoms with E-state index in [1.165, 1.54) is 7.11 Å². The first-order valence-corrected chi connectivity index (χ1v) is 6.40. The summed E-state index contributed by atoms with van der Waals surface area (Å²) < 4.78 is 4.75. The molecule has 0 bridgehead atoms. The highest BCUT2D eigenvalue weighted by Gasteiger charge is 2.14. The van der Waals surface area contributed by atoms with E-state index in [2.05, 4.69) is 10.6 Å². The van der Waals surface area contributed by atoms with E-state index in [0.29, 0.717) is 10.7 Å². The third kappa shape index (κ3) is 5.16. The van der Waals surface area contributed by atoms with Gasteiger partial charge in [0.1, 0.15) is 6.04 Å². The predicted molar refractivity (Wildman–Crippen MR) is 77.7 cm³/mol. The van der Waals surface area contributed by atoms with Crippen LogP contribution >= 0.6 is 11.6 Å². The molecule has 1 rings (SSSR count). The van der Waals surface area contributed by atoms with Gasteiger partial charge in [-0.05, 0) is 24.6 Å². The molecular formula is C13H18ClN3O3. The van der Waals surface area contributed by atoms with E-state index < -0.39 is 11.9 Å². The van der Waals surface area contributed by atoms with Crippen molar-refractivity contribution in [2.24, 2.45) is 5.73 Å². The highest BCUT2D eigenvalue weighted by atomic mass is 35.5. The first-order valence-electron chi connectivity index (χ1n) is 6.02. The Morgan fingerprint density at radius 3 is 2.75 bits per heavy atom. The van der Waals surface area contributed by atoms with Crippen LogP contribution in [0.5, 0.6) is 0 Å². The number of halogens is 1. The van der Waals surface area contributed by atoms with Crippen molar-refractivity contribution in [3.8, 4) is 0 Å². The van der Waals surface area contributed by atoms with Gasteiger partial charge in [-0.25, -0.2) is 0 Å². The summed E-state index contributed by atoms with van der Waals surface area (Å²) in [5.41, 5.74) is 7.01. The predicted octanol–water partition coefficient (Wildman–Crippen LogP) is 0.677. The van der Waals surface area contributed by atoms with Crippen LogP contribution in [0.25, 0.3) is 0 Å². The first-order chi connectivity index (χ1) is 9.43. The van der Waals surface area contributed by atoms with Gasteiger partial charge < -0.3 is 21.1 Å². The fourth-order valence-electron chi connectivity index (χ4n) is 1.47. The molecule has 0 aliphatic heterocycles. The molecule has 0 aromatic heterocycles. The second-order valence-electron chi connectivity index (χ2n) is 4.31. The van der Waals surface area contributed by atoms with Gasteiger partial charge in [-0.1, -0.05) is 17.7 Å². The van der Waals surface area contributed by atoms with Crippen LogP contribution in [0.4, 0.5) is 5.69 Å². The minimum Gasteiger partial charge on any atom is -0.383 e. The number of methoxy groups -OCH3 is 1. The monoisotopic (exact) mass is 299 g/mol. The fourth-order valence-corrected chi connectivity index (χ4v) is 1.75. The number of carbonyl (C=O) groups is 2. The molecule has 0 radical (unpaired) electrons. The van der Waals surface area contributed by atoms with Crippen molar-refractivity contribution in [1.82, 2.24) is 5.32 Å². The van der Waals surface area contributed by atoms with Gasteiger partial charge in [0.05, 0.1) is 23.9 Å². The van der Waals surface area contributed by atoms with Crippen molar-refractivity contribution in [3.63, 3.8) is 0 Å². The number of rotatable bonds is 6. The summed E-state index contributed by atoms with van der Waals surface area (Å²) in [4.78, 5) is 23.2. The number of nitrogens with two attached hydrogens (primary N) is 1. The molecule has 0 spiro atoms. The summed E-state index contributed by atoms with van der Waals surface area (Å²) >= 11 is 5.99. The maximum Gasteiger partial charge on any atom is 0.243 e. The molecule has 6 nitrogen and oxygen atoms in total. The fraction of sp³-hybridized carbons (Fsp3) is 0.385. The Labute approximate surface area is 122 Å². The molecule has 20 heavy (non-hydrogen) atoms. The van der Waals surface area contributed by atoms with E-state index in [0.717, 1.165) is 5.56 Å². The Morgan fingerprint density at radius 2 is 2.15 bits per heavy atom. The van der Waals surface area contributed by atoms with Crippen LogP contribution in [0.3, 0.4) is 0 Å². The van der Waals surface area contributed by atoms with Crippen molar-refractivity contribution < 1.29 is 14.3 Å². The molecule has 0 aliphatic carbocycles. The Morgan fingerprint density at radius 1 is 1.45 bits per heavy atom. The lowest BCUT2D eigenvalue weighted by Crippen LogP contribution is -2.45. The highest BCUT2D eigenvalue weighted by molar-refractivity contribution is 6.33. The molecule has 4 N–H and O–H groups in total. The molecule has 1 unspecified atom stereocenters. The molecule has 1 atom stereocenters. The Bertz CT molecular complexity index is 494. The molecule has 0 saturated heterocycles. The number of ether oxygens (including phenoxy) is 1. The maximum atomic E-state index is 11.7. The number of carbonyl (C=O) groups excluding carboxylic acids is 2. The number of nitrogens with one attached hydrogen (secondary N) is 2. The number of benzene rings is 1. The molecule has 1 aromatic rings. The quantitative estimate of drug-likeness (QED) is 0.720. The van der Waals surface area contributed by atoms with E-state index in [-0.39, 0.29) is 19.1 Å². The summed E-state index contributed by atoms with van der Waals surface area (Å²) in [5.74, 6) is -0.828. The molecule has 7 heteroatoms. The SMILES string of the molecule is COCC(N)C(=O)NCC(=O)Nc1ccc(C)cc1Cl. The molecular weight excluding hydrogens is 282 g/mol. The van der Waals surface area contributed by atoms with Gasteiger partial charge in [0.2, 0.25) is 11.8 Å².